The average molecular weight is 511 g/mol. The molecule has 3 aromatic rings. The second kappa shape index (κ2) is 9.49. The second-order valence-electron chi connectivity index (χ2n) is 8.05. The van der Waals surface area contributed by atoms with Crippen molar-refractivity contribution < 1.29 is 14.7 Å². The number of aromatic nitrogens is 2. The predicted molar refractivity (Wildman–Crippen MR) is 131 cm³/mol. The van der Waals surface area contributed by atoms with E-state index < -0.39 is 17.7 Å². The van der Waals surface area contributed by atoms with E-state index in [1.54, 1.807) is 22.4 Å². The minimum atomic E-state index is -0.688. The summed E-state index contributed by atoms with van der Waals surface area (Å²) in [6, 6.07) is 12.3. The van der Waals surface area contributed by atoms with Crippen molar-refractivity contribution in [3.8, 4) is 0 Å². The number of benzene rings is 1. The molecule has 0 radical (unpaired) electrons. The molecule has 1 amide bonds. The van der Waals surface area contributed by atoms with Crippen LogP contribution in [-0.4, -0.2) is 62.2 Å². The predicted octanol–water partition coefficient (Wildman–Crippen LogP) is 4.17. The van der Waals surface area contributed by atoms with Crippen LogP contribution in [-0.2, 0) is 9.59 Å². The number of aliphatic hydroxyl groups excluding tert-OH is 1. The molecule has 1 N–H and O–H groups in total. The molecule has 4 rings (SSSR count). The fourth-order valence-electron chi connectivity index (χ4n) is 4.45. The number of aliphatic hydroxyl groups is 1. The molecule has 3 heterocycles. The van der Waals surface area contributed by atoms with Crippen LogP contribution in [0.5, 0.6) is 0 Å². The SMILES string of the molecule is CCN(CC)CCN1C(=O)C(=O)C(=C(O)c2c(C)nc3ccccn23)[C@H]1c1cccc(Br)c1. The molecule has 1 fully saturated rings. The molecule has 1 aromatic carbocycles. The van der Waals surface area contributed by atoms with Gasteiger partial charge < -0.3 is 14.9 Å². The molecule has 0 aliphatic carbocycles. The van der Waals surface area contributed by atoms with Crippen LogP contribution in [0.3, 0.4) is 0 Å². The summed E-state index contributed by atoms with van der Waals surface area (Å²) in [6.07, 6.45) is 1.79. The third kappa shape index (κ3) is 4.20. The van der Waals surface area contributed by atoms with Crippen LogP contribution in [0.25, 0.3) is 11.4 Å². The number of nitrogens with zero attached hydrogens (tertiary/aromatic N) is 4. The van der Waals surface area contributed by atoms with Gasteiger partial charge in [-0.2, -0.15) is 0 Å². The Balaban J connectivity index is 1.88. The number of rotatable bonds is 7. The number of likely N-dealkylation sites (N-methyl/N-ethyl adjacent to an activating group) is 1. The molecular weight excluding hydrogens is 484 g/mol. The maximum Gasteiger partial charge on any atom is 0.295 e. The van der Waals surface area contributed by atoms with Gasteiger partial charge in [0.25, 0.3) is 11.7 Å². The smallest absolute Gasteiger partial charge is 0.295 e. The molecular formula is C25H27BrN4O3. The number of aryl methyl sites for hydroxylation is 1. The number of likely N-dealkylation sites (tertiary alicyclic amines) is 1. The Morgan fingerprint density at radius 3 is 2.61 bits per heavy atom. The summed E-state index contributed by atoms with van der Waals surface area (Å²) in [5.41, 5.74) is 2.52. The number of pyridine rings is 1. The van der Waals surface area contributed by atoms with Crippen LogP contribution in [0.4, 0.5) is 0 Å². The van der Waals surface area contributed by atoms with Crippen molar-refractivity contribution in [2.24, 2.45) is 0 Å². The number of halogens is 1. The number of carbonyl (C=O) groups excluding carboxylic acids is 2. The molecule has 0 spiro atoms. The highest BCUT2D eigenvalue weighted by Crippen LogP contribution is 2.40. The first-order valence-electron chi connectivity index (χ1n) is 11.1. The number of imidazole rings is 1. The molecule has 2 aromatic heterocycles. The molecule has 1 atom stereocenters. The van der Waals surface area contributed by atoms with Gasteiger partial charge in [-0.25, -0.2) is 4.98 Å². The minimum absolute atomic E-state index is 0.0893. The number of hydrogen-bond donors (Lipinski definition) is 1. The largest absolute Gasteiger partial charge is 0.505 e. The van der Waals surface area contributed by atoms with E-state index in [-0.39, 0.29) is 11.3 Å². The number of ketones is 1. The van der Waals surface area contributed by atoms with Crippen molar-refractivity contribution in [2.75, 3.05) is 26.2 Å². The molecule has 1 aliphatic rings. The Morgan fingerprint density at radius 1 is 1.15 bits per heavy atom. The summed E-state index contributed by atoms with van der Waals surface area (Å²) < 4.78 is 2.58. The molecule has 33 heavy (non-hydrogen) atoms. The van der Waals surface area contributed by atoms with Gasteiger partial charge in [-0.1, -0.05) is 48.0 Å². The highest BCUT2D eigenvalue weighted by atomic mass is 79.9. The van der Waals surface area contributed by atoms with Gasteiger partial charge in [-0.3, -0.25) is 14.0 Å². The molecule has 0 bridgehead atoms. The van der Waals surface area contributed by atoms with Crippen molar-refractivity contribution in [3.63, 3.8) is 0 Å². The highest BCUT2D eigenvalue weighted by Gasteiger charge is 2.46. The molecule has 0 unspecified atom stereocenters. The third-order valence-corrected chi connectivity index (χ3v) is 6.68. The lowest BCUT2D eigenvalue weighted by Crippen LogP contribution is -2.38. The van der Waals surface area contributed by atoms with Crippen molar-refractivity contribution in [3.05, 3.63) is 75.7 Å². The molecule has 0 saturated carbocycles. The zero-order valence-electron chi connectivity index (χ0n) is 19.0. The monoisotopic (exact) mass is 510 g/mol. The van der Waals surface area contributed by atoms with Crippen LogP contribution in [0.15, 0.2) is 58.7 Å². The maximum atomic E-state index is 13.3. The Morgan fingerprint density at radius 2 is 1.91 bits per heavy atom. The lowest BCUT2D eigenvalue weighted by molar-refractivity contribution is -0.140. The number of Topliss-reactive ketones (excluding diaryl/α,β-unsaturated/α-hetero) is 1. The zero-order valence-corrected chi connectivity index (χ0v) is 20.5. The Labute approximate surface area is 201 Å². The van der Waals surface area contributed by atoms with Gasteiger partial charge in [0.15, 0.2) is 5.76 Å². The van der Waals surface area contributed by atoms with E-state index in [4.69, 9.17) is 0 Å². The average Bonchev–Trinajstić information content (AvgIpc) is 3.27. The molecule has 7 nitrogen and oxygen atoms in total. The van der Waals surface area contributed by atoms with Crippen LogP contribution in [0, 0.1) is 6.92 Å². The second-order valence-corrected chi connectivity index (χ2v) is 8.96. The van der Waals surface area contributed by atoms with Gasteiger partial charge >= 0.3 is 0 Å². The van der Waals surface area contributed by atoms with E-state index in [0.717, 1.165) is 23.1 Å². The lowest BCUT2D eigenvalue weighted by Gasteiger charge is -2.28. The van der Waals surface area contributed by atoms with Gasteiger partial charge in [0, 0.05) is 23.8 Å². The van der Waals surface area contributed by atoms with E-state index in [9.17, 15) is 14.7 Å². The van der Waals surface area contributed by atoms with Gasteiger partial charge in [0.2, 0.25) is 0 Å². The first-order chi connectivity index (χ1) is 15.9. The van der Waals surface area contributed by atoms with Crippen LogP contribution >= 0.6 is 15.9 Å². The lowest BCUT2D eigenvalue weighted by atomic mass is 9.96. The van der Waals surface area contributed by atoms with Crippen molar-refractivity contribution in [2.45, 2.75) is 26.8 Å². The highest BCUT2D eigenvalue weighted by molar-refractivity contribution is 9.10. The number of fused-ring (bicyclic) bond motifs is 1. The summed E-state index contributed by atoms with van der Waals surface area (Å²) >= 11 is 3.49. The summed E-state index contributed by atoms with van der Waals surface area (Å²) in [5.74, 6) is -1.48. The Bertz CT molecular complexity index is 1250. The first kappa shape index (κ1) is 23.2. The normalized spacial score (nSPS) is 18.1. The Hall–Kier alpha value is -2.97. The van der Waals surface area contributed by atoms with Gasteiger partial charge in [-0.15, -0.1) is 0 Å². The fraction of sp³-hybridized carbons (Fsp3) is 0.320. The topological polar surface area (TPSA) is 78.2 Å². The minimum Gasteiger partial charge on any atom is -0.505 e. The van der Waals surface area contributed by atoms with E-state index in [0.29, 0.717) is 30.1 Å². The van der Waals surface area contributed by atoms with Crippen molar-refractivity contribution in [1.82, 2.24) is 19.2 Å². The number of carbonyl (C=O) groups is 2. The third-order valence-electron chi connectivity index (χ3n) is 6.18. The summed E-state index contributed by atoms with van der Waals surface area (Å²) in [4.78, 5) is 34.7. The Kier molecular flexibility index (Phi) is 6.67. The summed E-state index contributed by atoms with van der Waals surface area (Å²) in [7, 11) is 0. The summed E-state index contributed by atoms with van der Waals surface area (Å²) in [6.45, 7) is 8.64. The first-order valence-corrected chi connectivity index (χ1v) is 11.9. The van der Waals surface area contributed by atoms with E-state index in [1.165, 1.54) is 0 Å². The van der Waals surface area contributed by atoms with Gasteiger partial charge in [0.1, 0.15) is 11.3 Å². The number of amides is 1. The quantitative estimate of drug-likeness (QED) is 0.293. The van der Waals surface area contributed by atoms with Crippen LogP contribution in [0.1, 0.15) is 36.8 Å². The molecule has 8 heteroatoms. The van der Waals surface area contributed by atoms with E-state index in [1.807, 2.05) is 42.5 Å². The van der Waals surface area contributed by atoms with Gasteiger partial charge in [0.05, 0.1) is 17.3 Å². The zero-order chi connectivity index (χ0) is 23.7. The van der Waals surface area contributed by atoms with Crippen LogP contribution in [0.2, 0.25) is 0 Å². The fourth-order valence-corrected chi connectivity index (χ4v) is 4.87. The van der Waals surface area contributed by atoms with E-state index >= 15 is 0 Å². The molecule has 1 saturated heterocycles. The number of hydrogen-bond acceptors (Lipinski definition) is 5. The maximum absolute atomic E-state index is 13.3. The van der Waals surface area contributed by atoms with Crippen molar-refractivity contribution in [1.29, 1.82) is 0 Å². The standard InChI is InChI=1S/C25H27BrN4O3/c1-4-28(5-2)13-14-30-22(17-9-8-10-18(26)15-17)20(24(32)25(30)33)23(31)21-16(3)27-19-11-6-7-12-29(19)21/h6-12,15,22,31H,4-5,13-14H2,1-3H3/t22-/m1/s1. The molecule has 1 aliphatic heterocycles. The molecule has 172 valence electrons. The van der Waals surface area contributed by atoms with Gasteiger partial charge in [-0.05, 0) is 49.8 Å². The van der Waals surface area contributed by atoms with Crippen molar-refractivity contribution >= 4 is 39.0 Å². The van der Waals surface area contributed by atoms with E-state index in [2.05, 4.69) is 39.7 Å². The summed E-state index contributed by atoms with van der Waals surface area (Å²) in [5, 5.41) is 11.5. The van der Waals surface area contributed by atoms with Crippen LogP contribution < -0.4 is 0 Å².